The monoisotopic (exact) mass is 246 g/mol. The molecule has 1 aromatic carbocycles. The molecule has 0 aromatic heterocycles. The summed E-state index contributed by atoms with van der Waals surface area (Å²) in [4.78, 5) is 0. The van der Waals surface area contributed by atoms with E-state index < -0.39 is 17.7 Å². The second kappa shape index (κ2) is 6.86. The topological polar surface area (TPSA) is 20.2 Å². The second-order valence-electron chi connectivity index (χ2n) is 3.77. The van der Waals surface area contributed by atoms with Crippen molar-refractivity contribution in [2.24, 2.45) is 0 Å². The van der Waals surface area contributed by atoms with Crippen molar-refractivity contribution < 1.29 is 13.9 Å². The molecule has 90 valence electrons. The molecule has 0 bridgehead atoms. The van der Waals surface area contributed by atoms with Gasteiger partial charge in [0.05, 0.1) is 6.10 Å². The average molecular weight is 246 g/mol. The third-order valence-electron chi connectivity index (χ3n) is 2.28. The lowest BCUT2D eigenvalue weighted by Gasteiger charge is -2.10. The van der Waals surface area contributed by atoms with Crippen molar-refractivity contribution in [1.29, 1.82) is 0 Å². The van der Waals surface area contributed by atoms with Crippen LogP contribution in [0.2, 0.25) is 0 Å². The van der Waals surface area contributed by atoms with Gasteiger partial charge in [0.15, 0.2) is 0 Å². The highest BCUT2D eigenvalue weighted by atomic mass is 32.2. The third-order valence-corrected chi connectivity index (χ3v) is 2.98. The molecule has 16 heavy (non-hydrogen) atoms. The fourth-order valence-electron chi connectivity index (χ4n) is 1.57. The highest BCUT2D eigenvalue weighted by Crippen LogP contribution is 2.12. The highest BCUT2D eigenvalue weighted by molar-refractivity contribution is 7.98. The maximum atomic E-state index is 12.9. The minimum atomic E-state index is -0.591. The molecular weight excluding hydrogens is 230 g/mol. The Morgan fingerprint density at radius 2 is 1.88 bits per heavy atom. The minimum Gasteiger partial charge on any atom is -0.393 e. The molecule has 0 fully saturated rings. The zero-order valence-electron chi connectivity index (χ0n) is 9.25. The van der Waals surface area contributed by atoms with Crippen LogP contribution in [0.25, 0.3) is 0 Å². The molecule has 0 heterocycles. The van der Waals surface area contributed by atoms with Crippen LogP contribution in [-0.4, -0.2) is 23.2 Å². The first kappa shape index (κ1) is 13.5. The summed E-state index contributed by atoms with van der Waals surface area (Å²) in [5.41, 5.74) is 0.508. The lowest BCUT2D eigenvalue weighted by molar-refractivity contribution is 0.164. The molecule has 1 unspecified atom stereocenters. The van der Waals surface area contributed by atoms with Crippen LogP contribution < -0.4 is 0 Å². The summed E-state index contributed by atoms with van der Waals surface area (Å²) in [5, 5.41) is 9.66. The van der Waals surface area contributed by atoms with Crippen LogP contribution in [0.4, 0.5) is 8.78 Å². The van der Waals surface area contributed by atoms with Crippen LogP contribution in [0.1, 0.15) is 18.4 Å². The van der Waals surface area contributed by atoms with E-state index in [4.69, 9.17) is 0 Å². The smallest absolute Gasteiger partial charge is 0.126 e. The predicted octanol–water partition coefficient (Wildman–Crippen LogP) is 3.01. The summed E-state index contributed by atoms with van der Waals surface area (Å²) in [6.07, 6.45) is 3.38. The lowest BCUT2D eigenvalue weighted by Crippen LogP contribution is -2.11. The van der Waals surface area contributed by atoms with Crippen molar-refractivity contribution in [3.63, 3.8) is 0 Å². The van der Waals surface area contributed by atoms with Gasteiger partial charge in [0, 0.05) is 6.07 Å². The van der Waals surface area contributed by atoms with Crippen LogP contribution in [-0.2, 0) is 6.42 Å². The van der Waals surface area contributed by atoms with Crippen LogP contribution in [0.3, 0.4) is 0 Å². The van der Waals surface area contributed by atoms with Crippen molar-refractivity contribution in [2.75, 3.05) is 12.0 Å². The third kappa shape index (κ3) is 4.94. The summed E-state index contributed by atoms with van der Waals surface area (Å²) < 4.78 is 25.7. The Morgan fingerprint density at radius 1 is 1.25 bits per heavy atom. The molecule has 1 atom stereocenters. The molecule has 0 aliphatic heterocycles. The van der Waals surface area contributed by atoms with E-state index in [0.29, 0.717) is 18.4 Å². The van der Waals surface area contributed by atoms with E-state index in [1.165, 1.54) is 12.1 Å². The van der Waals surface area contributed by atoms with Crippen LogP contribution in [0.15, 0.2) is 18.2 Å². The molecule has 0 saturated heterocycles. The molecule has 1 nitrogen and oxygen atoms in total. The van der Waals surface area contributed by atoms with Gasteiger partial charge in [-0.2, -0.15) is 11.8 Å². The van der Waals surface area contributed by atoms with Gasteiger partial charge in [0.25, 0.3) is 0 Å². The van der Waals surface area contributed by atoms with E-state index in [-0.39, 0.29) is 0 Å². The fraction of sp³-hybridized carbons (Fsp3) is 0.500. The minimum absolute atomic E-state index is 0.309. The van der Waals surface area contributed by atoms with Crippen molar-refractivity contribution in [1.82, 2.24) is 0 Å². The van der Waals surface area contributed by atoms with E-state index in [0.717, 1.165) is 18.2 Å². The second-order valence-corrected chi connectivity index (χ2v) is 4.76. The molecule has 0 spiro atoms. The number of halogens is 2. The molecule has 1 N–H and O–H groups in total. The van der Waals surface area contributed by atoms with Gasteiger partial charge in [0.2, 0.25) is 0 Å². The van der Waals surface area contributed by atoms with Gasteiger partial charge in [-0.3, -0.25) is 0 Å². The first-order valence-electron chi connectivity index (χ1n) is 5.24. The molecule has 4 heteroatoms. The number of thioether (sulfide) groups is 1. The fourth-order valence-corrected chi connectivity index (χ4v) is 2.02. The molecule has 1 rings (SSSR count). The summed E-state index contributed by atoms with van der Waals surface area (Å²) >= 11 is 1.72. The Hall–Kier alpha value is -0.610. The quantitative estimate of drug-likeness (QED) is 0.779. The van der Waals surface area contributed by atoms with Crippen molar-refractivity contribution in [3.05, 3.63) is 35.4 Å². The molecular formula is C12H16F2OS. The number of rotatable bonds is 6. The SMILES string of the molecule is CSCCCC(O)Cc1cc(F)cc(F)c1. The Balaban J connectivity index is 2.45. The number of benzene rings is 1. The largest absolute Gasteiger partial charge is 0.393 e. The summed E-state index contributed by atoms with van der Waals surface area (Å²) in [7, 11) is 0. The maximum Gasteiger partial charge on any atom is 0.126 e. The van der Waals surface area contributed by atoms with E-state index in [1.807, 2.05) is 6.26 Å². The molecule has 0 amide bonds. The van der Waals surface area contributed by atoms with Gasteiger partial charge in [-0.05, 0) is 49.0 Å². The normalized spacial score (nSPS) is 12.8. The Labute approximate surface area is 98.9 Å². The van der Waals surface area contributed by atoms with E-state index >= 15 is 0 Å². The van der Waals surface area contributed by atoms with Crippen LogP contribution in [0.5, 0.6) is 0 Å². The Morgan fingerprint density at radius 3 is 2.44 bits per heavy atom. The number of hydrogen-bond acceptors (Lipinski definition) is 2. The Kier molecular flexibility index (Phi) is 5.77. The Bertz CT molecular complexity index is 311. The zero-order valence-corrected chi connectivity index (χ0v) is 10.1. The maximum absolute atomic E-state index is 12.9. The average Bonchev–Trinajstić information content (AvgIpc) is 2.16. The first-order valence-corrected chi connectivity index (χ1v) is 6.63. The van der Waals surface area contributed by atoms with Gasteiger partial charge < -0.3 is 5.11 Å². The van der Waals surface area contributed by atoms with E-state index in [1.54, 1.807) is 11.8 Å². The van der Waals surface area contributed by atoms with Crippen LogP contribution >= 0.6 is 11.8 Å². The first-order chi connectivity index (χ1) is 7.61. The zero-order chi connectivity index (χ0) is 12.0. The van der Waals surface area contributed by atoms with Crippen molar-refractivity contribution in [2.45, 2.75) is 25.4 Å². The van der Waals surface area contributed by atoms with Gasteiger partial charge in [-0.15, -0.1) is 0 Å². The molecule has 0 aliphatic carbocycles. The van der Waals surface area contributed by atoms with Gasteiger partial charge in [-0.25, -0.2) is 8.78 Å². The summed E-state index contributed by atoms with van der Waals surface area (Å²) in [6, 6.07) is 3.37. The van der Waals surface area contributed by atoms with Crippen molar-refractivity contribution >= 4 is 11.8 Å². The molecule has 0 aliphatic rings. The predicted molar refractivity (Wildman–Crippen MR) is 63.7 cm³/mol. The number of aliphatic hydroxyl groups is 1. The van der Waals surface area contributed by atoms with E-state index in [9.17, 15) is 13.9 Å². The summed E-state index contributed by atoms with van der Waals surface area (Å²) in [6.45, 7) is 0. The lowest BCUT2D eigenvalue weighted by atomic mass is 10.0. The summed E-state index contributed by atoms with van der Waals surface area (Å²) in [5.74, 6) is -0.188. The van der Waals surface area contributed by atoms with E-state index in [2.05, 4.69) is 0 Å². The van der Waals surface area contributed by atoms with Crippen molar-refractivity contribution in [3.8, 4) is 0 Å². The number of aliphatic hydroxyl groups excluding tert-OH is 1. The molecule has 0 saturated carbocycles. The van der Waals surface area contributed by atoms with Gasteiger partial charge >= 0.3 is 0 Å². The van der Waals surface area contributed by atoms with Gasteiger partial charge in [-0.1, -0.05) is 0 Å². The van der Waals surface area contributed by atoms with Gasteiger partial charge in [0.1, 0.15) is 11.6 Å². The van der Waals surface area contributed by atoms with Crippen LogP contribution in [0, 0.1) is 11.6 Å². The standard InChI is InChI=1S/C12H16F2OS/c1-16-4-2-3-12(15)7-9-5-10(13)8-11(14)6-9/h5-6,8,12,15H,2-4,7H2,1H3. The number of hydrogen-bond donors (Lipinski definition) is 1. The highest BCUT2D eigenvalue weighted by Gasteiger charge is 2.07. The molecule has 1 aromatic rings. The molecule has 0 radical (unpaired) electrons.